The zero-order chi connectivity index (χ0) is 13.3. The van der Waals surface area contributed by atoms with Crippen LogP contribution >= 0.6 is 0 Å². The van der Waals surface area contributed by atoms with E-state index in [0.717, 1.165) is 12.0 Å². The van der Waals surface area contributed by atoms with Gasteiger partial charge in [-0.15, -0.1) is 0 Å². The van der Waals surface area contributed by atoms with E-state index in [4.69, 9.17) is 0 Å². The van der Waals surface area contributed by atoms with Crippen LogP contribution in [0.4, 0.5) is 0 Å². The first-order valence-electron chi connectivity index (χ1n) is 6.27. The molecule has 1 aromatic rings. The highest BCUT2D eigenvalue weighted by Crippen LogP contribution is 2.34. The molecule has 0 saturated carbocycles. The van der Waals surface area contributed by atoms with Gasteiger partial charge in [0.05, 0.1) is 0 Å². The minimum absolute atomic E-state index is 1.000. The van der Waals surface area contributed by atoms with Gasteiger partial charge in [-0.05, 0) is 80.0 Å². The van der Waals surface area contributed by atoms with Crippen LogP contribution in [0.15, 0.2) is 13.2 Å². The molecule has 0 amide bonds. The van der Waals surface area contributed by atoms with Crippen molar-refractivity contribution in [2.75, 3.05) is 0 Å². The molecule has 0 bridgehead atoms. The summed E-state index contributed by atoms with van der Waals surface area (Å²) >= 11 is 0. The Morgan fingerprint density at radius 2 is 1.29 bits per heavy atom. The summed E-state index contributed by atoms with van der Waals surface area (Å²) in [5, 5.41) is 0. The Labute approximate surface area is 106 Å². The molecule has 0 heteroatoms. The normalized spacial score (nSPS) is 10.5. The largest absolute Gasteiger partial charge is 0.0955 e. The first kappa shape index (κ1) is 13.8. The molecule has 0 unspecified atom stereocenters. The van der Waals surface area contributed by atoms with E-state index in [0.29, 0.717) is 0 Å². The monoisotopic (exact) mass is 228 g/mol. The molecule has 0 heterocycles. The molecule has 0 atom stereocenters. The fourth-order valence-electron chi connectivity index (χ4n) is 2.69. The zero-order valence-corrected chi connectivity index (χ0v) is 12.1. The van der Waals surface area contributed by atoms with Gasteiger partial charge in [0.1, 0.15) is 0 Å². The van der Waals surface area contributed by atoms with Gasteiger partial charge in [-0.2, -0.15) is 0 Å². The topological polar surface area (TPSA) is 0 Å². The van der Waals surface area contributed by atoms with Crippen LogP contribution in [0.1, 0.15) is 53.6 Å². The molecule has 0 saturated heterocycles. The Morgan fingerprint density at radius 1 is 0.824 bits per heavy atom. The van der Waals surface area contributed by atoms with Crippen LogP contribution in [0.3, 0.4) is 0 Å². The molecule has 0 spiro atoms. The lowest BCUT2D eigenvalue weighted by Crippen LogP contribution is -2.03. The van der Waals surface area contributed by atoms with Gasteiger partial charge in [-0.25, -0.2) is 0 Å². The van der Waals surface area contributed by atoms with E-state index in [9.17, 15) is 0 Å². The Kier molecular flexibility index (Phi) is 3.98. The van der Waals surface area contributed by atoms with Gasteiger partial charge < -0.3 is 0 Å². The van der Waals surface area contributed by atoms with Gasteiger partial charge in [0.25, 0.3) is 0 Å². The Balaban J connectivity index is 3.74. The summed E-state index contributed by atoms with van der Waals surface area (Å²) in [7, 11) is 0. The minimum Gasteiger partial charge on any atom is -0.0955 e. The van der Waals surface area contributed by atoms with Crippen molar-refractivity contribution in [3.8, 4) is 0 Å². The molecule has 0 aliphatic carbocycles. The van der Waals surface area contributed by atoms with Crippen molar-refractivity contribution < 1.29 is 0 Å². The molecule has 1 aromatic carbocycles. The van der Waals surface area contributed by atoms with E-state index in [-0.39, 0.29) is 0 Å². The molecular formula is C17H24. The Morgan fingerprint density at radius 3 is 1.71 bits per heavy atom. The predicted octanol–water partition coefficient (Wildman–Crippen LogP) is 5.38. The number of benzene rings is 1. The SMILES string of the molecule is C=C(C)c1c(C)c(C)c(C)c(C(=C)CC)c1C. The highest BCUT2D eigenvalue weighted by molar-refractivity contribution is 5.79. The number of rotatable bonds is 3. The second-order valence-electron chi connectivity index (χ2n) is 4.99. The van der Waals surface area contributed by atoms with Crippen molar-refractivity contribution in [2.45, 2.75) is 48.0 Å². The lowest BCUT2D eigenvalue weighted by Gasteiger charge is -2.21. The highest BCUT2D eigenvalue weighted by atomic mass is 14.2. The quantitative estimate of drug-likeness (QED) is 0.652. The van der Waals surface area contributed by atoms with Crippen LogP contribution in [-0.4, -0.2) is 0 Å². The number of allylic oxidation sites excluding steroid dienone is 2. The van der Waals surface area contributed by atoms with Gasteiger partial charge in [0.2, 0.25) is 0 Å². The molecule has 17 heavy (non-hydrogen) atoms. The van der Waals surface area contributed by atoms with Crippen molar-refractivity contribution in [1.29, 1.82) is 0 Å². The second-order valence-corrected chi connectivity index (χ2v) is 4.99. The van der Waals surface area contributed by atoms with Gasteiger partial charge in [0.15, 0.2) is 0 Å². The summed E-state index contributed by atoms with van der Waals surface area (Å²) in [6.45, 7) is 21.4. The first-order valence-corrected chi connectivity index (χ1v) is 6.27. The molecule has 0 radical (unpaired) electrons. The van der Waals surface area contributed by atoms with Crippen LogP contribution in [0.5, 0.6) is 0 Å². The summed E-state index contributed by atoms with van der Waals surface area (Å²) in [5.41, 5.74) is 10.5. The van der Waals surface area contributed by atoms with E-state index in [2.05, 4.69) is 54.7 Å². The van der Waals surface area contributed by atoms with E-state index in [1.807, 2.05) is 0 Å². The molecule has 0 aromatic heterocycles. The maximum atomic E-state index is 4.21. The highest BCUT2D eigenvalue weighted by Gasteiger charge is 2.16. The molecule has 1 rings (SSSR count). The average molecular weight is 228 g/mol. The van der Waals surface area contributed by atoms with E-state index < -0.39 is 0 Å². The third-order valence-corrected chi connectivity index (χ3v) is 3.83. The van der Waals surface area contributed by atoms with E-state index in [1.165, 1.54) is 39.0 Å². The van der Waals surface area contributed by atoms with Crippen LogP contribution in [-0.2, 0) is 0 Å². The maximum absolute atomic E-state index is 4.21. The van der Waals surface area contributed by atoms with Crippen molar-refractivity contribution >= 4 is 11.1 Å². The zero-order valence-electron chi connectivity index (χ0n) is 12.1. The van der Waals surface area contributed by atoms with Crippen molar-refractivity contribution in [2.24, 2.45) is 0 Å². The summed E-state index contributed by atoms with van der Waals surface area (Å²) in [6, 6.07) is 0. The van der Waals surface area contributed by atoms with Crippen molar-refractivity contribution in [3.63, 3.8) is 0 Å². The van der Waals surface area contributed by atoms with Crippen LogP contribution in [0, 0.1) is 27.7 Å². The summed E-state index contributed by atoms with van der Waals surface area (Å²) in [5.74, 6) is 0. The summed E-state index contributed by atoms with van der Waals surface area (Å²) < 4.78 is 0. The lowest BCUT2D eigenvalue weighted by atomic mass is 9.83. The van der Waals surface area contributed by atoms with Crippen LogP contribution in [0.25, 0.3) is 11.1 Å². The van der Waals surface area contributed by atoms with Crippen LogP contribution < -0.4 is 0 Å². The standard InChI is InChI=1S/C17H24/c1-9-11(4)17-14(7)12(5)13(6)16(10(2)3)15(17)8/h2,4,9H2,1,3,5-8H3. The molecule has 0 nitrogen and oxygen atoms in total. The number of hydrogen-bond acceptors (Lipinski definition) is 0. The van der Waals surface area contributed by atoms with E-state index in [1.54, 1.807) is 0 Å². The second kappa shape index (κ2) is 4.91. The molecule has 92 valence electrons. The molecule has 0 N–H and O–H groups in total. The van der Waals surface area contributed by atoms with Crippen LogP contribution in [0.2, 0.25) is 0 Å². The van der Waals surface area contributed by atoms with Crippen molar-refractivity contribution in [1.82, 2.24) is 0 Å². The lowest BCUT2D eigenvalue weighted by molar-refractivity contribution is 1.16. The Bertz CT molecular complexity index is 487. The molecule has 0 aliphatic heterocycles. The van der Waals surface area contributed by atoms with Crippen molar-refractivity contribution in [3.05, 3.63) is 46.5 Å². The fourth-order valence-corrected chi connectivity index (χ4v) is 2.69. The third kappa shape index (κ3) is 2.22. The predicted molar refractivity (Wildman–Crippen MR) is 79.4 cm³/mol. The fraction of sp³-hybridized carbons (Fsp3) is 0.412. The third-order valence-electron chi connectivity index (χ3n) is 3.83. The number of hydrogen-bond donors (Lipinski definition) is 0. The van der Waals surface area contributed by atoms with Gasteiger partial charge in [-0.3, -0.25) is 0 Å². The first-order chi connectivity index (χ1) is 7.82. The minimum atomic E-state index is 1.000. The summed E-state index contributed by atoms with van der Waals surface area (Å²) in [6.07, 6.45) is 1.000. The maximum Gasteiger partial charge on any atom is -0.0163 e. The molecular weight excluding hydrogens is 204 g/mol. The average Bonchev–Trinajstić information content (AvgIpc) is 2.25. The molecule has 0 fully saturated rings. The van der Waals surface area contributed by atoms with Gasteiger partial charge in [-0.1, -0.05) is 25.7 Å². The van der Waals surface area contributed by atoms with Gasteiger partial charge in [0, 0.05) is 0 Å². The Hall–Kier alpha value is -1.30. The smallest absolute Gasteiger partial charge is 0.0163 e. The molecule has 0 aliphatic rings. The van der Waals surface area contributed by atoms with Gasteiger partial charge >= 0.3 is 0 Å². The summed E-state index contributed by atoms with van der Waals surface area (Å²) in [4.78, 5) is 0. The van der Waals surface area contributed by atoms with E-state index >= 15 is 0 Å².